The molecule has 0 heterocycles. The Hall–Kier alpha value is -2.29. The fourth-order valence-electron chi connectivity index (χ4n) is 3.00. The fourth-order valence-corrected chi connectivity index (χ4v) is 4.46. The van der Waals surface area contributed by atoms with Crippen molar-refractivity contribution in [3.63, 3.8) is 0 Å². The molecule has 3 N–H and O–H groups in total. The number of quaternary nitrogens is 1. The number of anilines is 1. The van der Waals surface area contributed by atoms with Gasteiger partial charge in [0.15, 0.2) is 6.54 Å². The van der Waals surface area contributed by atoms with Gasteiger partial charge in [0.2, 0.25) is 10.0 Å². The lowest BCUT2D eigenvalue weighted by Crippen LogP contribution is -2.86. The maximum absolute atomic E-state index is 13.8. The minimum absolute atomic E-state index is 0.0613. The number of benzene rings is 2. The molecule has 0 radical (unpaired) electrons. The van der Waals surface area contributed by atoms with Crippen molar-refractivity contribution in [1.29, 1.82) is 0 Å². The van der Waals surface area contributed by atoms with Crippen LogP contribution >= 0.6 is 0 Å². The molecule has 2 aromatic carbocycles. The van der Waals surface area contributed by atoms with E-state index in [9.17, 15) is 17.6 Å². The highest BCUT2D eigenvalue weighted by Gasteiger charge is 2.22. The molecule has 0 saturated heterocycles. The molecule has 1 amide bonds. The molecule has 0 unspecified atom stereocenters. The highest BCUT2D eigenvalue weighted by Crippen LogP contribution is 2.18. The van der Waals surface area contributed by atoms with E-state index in [2.05, 4.69) is 5.32 Å². The summed E-state index contributed by atoms with van der Waals surface area (Å²) in [5, 5.41) is 4.38. The number of carbonyl (C=O) groups is 1. The van der Waals surface area contributed by atoms with Gasteiger partial charge in [-0.25, -0.2) is 12.8 Å². The summed E-state index contributed by atoms with van der Waals surface area (Å²) in [6, 6.07) is 11.3. The molecule has 0 spiro atoms. The third kappa shape index (κ3) is 5.85. The summed E-state index contributed by atoms with van der Waals surface area (Å²) in [6.07, 6.45) is 0. The summed E-state index contributed by atoms with van der Waals surface area (Å²) < 4.78 is 40.3. The van der Waals surface area contributed by atoms with Crippen molar-refractivity contribution < 1.29 is 22.9 Å². The third-order valence-electron chi connectivity index (χ3n) is 4.80. The number of amides is 1. The number of hydrogen-bond donors (Lipinski definition) is 2. The predicted octanol–water partition coefficient (Wildman–Crippen LogP) is 2.43. The van der Waals surface area contributed by atoms with Crippen LogP contribution in [0.15, 0.2) is 47.4 Å². The van der Waals surface area contributed by atoms with E-state index in [1.165, 1.54) is 10.4 Å². The first kappa shape index (κ1) is 23.0. The van der Waals surface area contributed by atoms with E-state index in [-0.39, 0.29) is 29.1 Å². The Morgan fingerprint density at radius 3 is 2.31 bits per heavy atom. The quantitative estimate of drug-likeness (QED) is 0.651. The zero-order chi connectivity index (χ0) is 21.6. The maximum Gasteiger partial charge on any atom is 0.279 e. The highest BCUT2D eigenvalue weighted by molar-refractivity contribution is 7.89. The van der Waals surface area contributed by atoms with E-state index < -0.39 is 15.8 Å². The van der Waals surface area contributed by atoms with E-state index >= 15 is 0 Å². The van der Waals surface area contributed by atoms with Crippen LogP contribution in [0.2, 0.25) is 0 Å². The molecule has 0 aromatic heterocycles. The van der Waals surface area contributed by atoms with Crippen molar-refractivity contribution in [1.82, 2.24) is 4.31 Å². The molecule has 0 fully saturated rings. The molecule has 0 aliphatic rings. The molecule has 1 atom stereocenters. The van der Waals surface area contributed by atoms with Crippen LogP contribution in [0.25, 0.3) is 0 Å². The summed E-state index contributed by atoms with van der Waals surface area (Å²) in [4.78, 5) is 12.4. The Kier molecular flexibility index (Phi) is 7.89. The summed E-state index contributed by atoms with van der Waals surface area (Å²) in [7, 11) is -3.49. The molecular weight excluding hydrogens is 393 g/mol. The second-order valence-corrected chi connectivity index (χ2v) is 8.86. The molecule has 0 bridgehead atoms. The van der Waals surface area contributed by atoms with E-state index in [1.54, 1.807) is 57.2 Å². The smallest absolute Gasteiger partial charge is 0.279 e. The van der Waals surface area contributed by atoms with Crippen LogP contribution in [0.1, 0.15) is 37.9 Å². The molecule has 2 aromatic rings. The van der Waals surface area contributed by atoms with Gasteiger partial charge in [0.05, 0.1) is 10.6 Å². The highest BCUT2D eigenvalue weighted by atomic mass is 32.2. The van der Waals surface area contributed by atoms with Gasteiger partial charge in [-0.1, -0.05) is 32.0 Å². The molecule has 0 aliphatic carbocycles. The van der Waals surface area contributed by atoms with Crippen LogP contribution in [-0.2, 0) is 14.8 Å². The van der Waals surface area contributed by atoms with Crippen molar-refractivity contribution in [2.45, 2.75) is 38.6 Å². The first-order valence-corrected chi connectivity index (χ1v) is 11.1. The standard InChI is InChI=1S/C21H28FN3O3S/c1-5-25(6-2)29(27,28)18-10-8-17(9-11-18)16(4)23-14-21(26)24-20-12-7-15(3)13-19(20)22/h7-13,16,23H,5-6,14H2,1-4H3,(H,24,26)/p+1/t16-/m1/s1. The second kappa shape index (κ2) is 9.96. The number of hydrogen-bond acceptors (Lipinski definition) is 3. The normalized spacial score (nSPS) is 12.8. The van der Waals surface area contributed by atoms with Gasteiger partial charge in [-0.15, -0.1) is 0 Å². The number of sulfonamides is 1. The van der Waals surface area contributed by atoms with Gasteiger partial charge in [0.1, 0.15) is 11.9 Å². The van der Waals surface area contributed by atoms with Crippen molar-refractivity contribution in [3.8, 4) is 0 Å². The zero-order valence-corrected chi connectivity index (χ0v) is 18.1. The van der Waals surface area contributed by atoms with Gasteiger partial charge in [0.25, 0.3) is 5.91 Å². The third-order valence-corrected chi connectivity index (χ3v) is 6.87. The molecule has 158 valence electrons. The van der Waals surface area contributed by atoms with Gasteiger partial charge in [-0.2, -0.15) is 4.31 Å². The molecule has 29 heavy (non-hydrogen) atoms. The minimum atomic E-state index is -3.49. The molecule has 8 heteroatoms. The number of aryl methyl sites for hydroxylation is 1. The van der Waals surface area contributed by atoms with E-state index in [1.807, 2.05) is 12.2 Å². The van der Waals surface area contributed by atoms with Crippen molar-refractivity contribution >= 4 is 21.6 Å². The number of halogens is 1. The first-order valence-electron chi connectivity index (χ1n) is 9.68. The first-order chi connectivity index (χ1) is 13.7. The number of nitrogens with two attached hydrogens (primary N) is 1. The van der Waals surface area contributed by atoms with Gasteiger partial charge < -0.3 is 10.6 Å². The Bertz CT molecular complexity index is 942. The Morgan fingerprint density at radius 1 is 1.14 bits per heavy atom. The molecular formula is C21H29FN3O3S+. The molecule has 2 rings (SSSR count). The molecule has 6 nitrogen and oxygen atoms in total. The van der Waals surface area contributed by atoms with E-state index in [0.29, 0.717) is 13.1 Å². The monoisotopic (exact) mass is 422 g/mol. The molecule has 0 aliphatic heterocycles. The fraction of sp³-hybridized carbons (Fsp3) is 0.381. The summed E-state index contributed by atoms with van der Waals surface area (Å²) in [6.45, 7) is 8.27. The average Bonchev–Trinajstić information content (AvgIpc) is 2.69. The second-order valence-electron chi connectivity index (χ2n) is 6.92. The van der Waals surface area contributed by atoms with Crippen LogP contribution in [0.3, 0.4) is 0 Å². The number of nitrogens with one attached hydrogen (secondary N) is 1. The predicted molar refractivity (Wildman–Crippen MR) is 112 cm³/mol. The van der Waals surface area contributed by atoms with Crippen LogP contribution in [0.5, 0.6) is 0 Å². The van der Waals surface area contributed by atoms with Gasteiger partial charge in [-0.3, -0.25) is 4.79 Å². The SMILES string of the molecule is CCN(CC)S(=O)(=O)c1ccc([C@@H](C)[NH2+]CC(=O)Nc2ccc(C)cc2F)cc1. The maximum atomic E-state index is 13.8. The number of rotatable bonds is 9. The Labute approximate surface area is 172 Å². The van der Waals surface area contributed by atoms with Crippen molar-refractivity contribution in [2.75, 3.05) is 25.0 Å². The van der Waals surface area contributed by atoms with Crippen LogP contribution in [-0.4, -0.2) is 38.3 Å². The lowest BCUT2D eigenvalue weighted by atomic mass is 10.1. The van der Waals surface area contributed by atoms with Gasteiger partial charge in [-0.05, 0) is 43.7 Å². The van der Waals surface area contributed by atoms with Crippen molar-refractivity contribution in [3.05, 3.63) is 59.4 Å². The van der Waals surface area contributed by atoms with Crippen LogP contribution < -0.4 is 10.6 Å². The largest absolute Gasteiger partial charge is 0.333 e. The lowest BCUT2D eigenvalue weighted by molar-refractivity contribution is -0.682. The van der Waals surface area contributed by atoms with Gasteiger partial charge in [0, 0.05) is 18.7 Å². The van der Waals surface area contributed by atoms with E-state index in [4.69, 9.17) is 0 Å². The lowest BCUT2D eigenvalue weighted by Gasteiger charge is -2.19. The Balaban J connectivity index is 1.97. The summed E-state index contributed by atoms with van der Waals surface area (Å²) in [5.41, 5.74) is 1.84. The number of nitrogens with zero attached hydrogens (tertiary/aromatic N) is 1. The average molecular weight is 423 g/mol. The minimum Gasteiger partial charge on any atom is -0.333 e. The van der Waals surface area contributed by atoms with Crippen molar-refractivity contribution in [2.24, 2.45) is 0 Å². The topological polar surface area (TPSA) is 83.1 Å². The van der Waals surface area contributed by atoms with Crippen LogP contribution in [0.4, 0.5) is 10.1 Å². The number of carbonyl (C=O) groups excluding carboxylic acids is 1. The zero-order valence-electron chi connectivity index (χ0n) is 17.3. The summed E-state index contributed by atoms with van der Waals surface area (Å²) >= 11 is 0. The summed E-state index contributed by atoms with van der Waals surface area (Å²) in [5.74, 6) is -0.767. The van der Waals surface area contributed by atoms with Crippen LogP contribution in [0, 0.1) is 12.7 Å². The van der Waals surface area contributed by atoms with Gasteiger partial charge >= 0.3 is 0 Å². The molecule has 0 saturated carbocycles. The van der Waals surface area contributed by atoms with E-state index in [0.717, 1.165) is 11.1 Å². The Morgan fingerprint density at radius 2 is 1.76 bits per heavy atom.